The van der Waals surface area contributed by atoms with Crippen LogP contribution in [-0.4, -0.2) is 69.5 Å². The molecule has 0 bridgehead atoms. The number of fused-ring (bicyclic) bond motifs is 3. The third kappa shape index (κ3) is 4.57. The molecular formula is C29H34N4O2S2. The molecule has 0 radical (unpaired) electrons. The van der Waals surface area contributed by atoms with Gasteiger partial charge >= 0.3 is 0 Å². The lowest BCUT2D eigenvalue weighted by Gasteiger charge is -2.48. The van der Waals surface area contributed by atoms with Crippen LogP contribution in [0.25, 0.3) is 0 Å². The van der Waals surface area contributed by atoms with Crippen molar-refractivity contribution in [1.29, 1.82) is 0 Å². The van der Waals surface area contributed by atoms with Crippen molar-refractivity contribution in [1.82, 2.24) is 14.5 Å². The summed E-state index contributed by atoms with van der Waals surface area (Å²) in [6, 6.07) is 10.4. The van der Waals surface area contributed by atoms with E-state index in [-0.39, 0.29) is 29.3 Å². The van der Waals surface area contributed by atoms with E-state index in [1.165, 1.54) is 11.1 Å². The monoisotopic (exact) mass is 534 g/mol. The van der Waals surface area contributed by atoms with Crippen LogP contribution in [-0.2, 0) is 5.75 Å². The predicted octanol–water partition coefficient (Wildman–Crippen LogP) is 4.04. The van der Waals surface area contributed by atoms with Gasteiger partial charge in [-0.25, -0.2) is 0 Å². The second kappa shape index (κ2) is 10.4. The molecule has 6 rings (SSSR count). The summed E-state index contributed by atoms with van der Waals surface area (Å²) in [6.07, 6.45) is 10.8. The van der Waals surface area contributed by atoms with E-state index in [0.29, 0.717) is 23.2 Å². The average molecular weight is 535 g/mol. The number of hydrogen-bond acceptors (Lipinski definition) is 6. The number of carbonyl (C=O) groups is 1. The van der Waals surface area contributed by atoms with E-state index in [1.54, 1.807) is 13.0 Å². The summed E-state index contributed by atoms with van der Waals surface area (Å²) in [6.45, 7) is 7.41. The first-order valence-electron chi connectivity index (χ1n) is 13.2. The molecule has 4 unspecified atom stereocenters. The average Bonchev–Trinajstić information content (AvgIpc) is 3.08. The molecule has 1 aliphatic carbocycles. The van der Waals surface area contributed by atoms with Crippen LogP contribution in [0, 0.1) is 12.8 Å². The highest BCUT2D eigenvalue weighted by molar-refractivity contribution is 7.99. The van der Waals surface area contributed by atoms with Crippen molar-refractivity contribution in [2.75, 3.05) is 42.8 Å². The molecule has 1 amide bonds. The van der Waals surface area contributed by atoms with Gasteiger partial charge in [0.1, 0.15) is 12.4 Å². The van der Waals surface area contributed by atoms with Crippen LogP contribution in [0.5, 0.6) is 0 Å². The van der Waals surface area contributed by atoms with Crippen molar-refractivity contribution in [3.8, 4) is 0 Å². The van der Waals surface area contributed by atoms with Crippen molar-refractivity contribution in [2.24, 2.45) is 5.92 Å². The van der Waals surface area contributed by atoms with Gasteiger partial charge in [0.15, 0.2) is 5.43 Å². The van der Waals surface area contributed by atoms with Crippen LogP contribution in [0.2, 0.25) is 0 Å². The van der Waals surface area contributed by atoms with Gasteiger partial charge in [0, 0.05) is 71.9 Å². The van der Waals surface area contributed by atoms with Gasteiger partial charge in [-0.2, -0.15) is 11.8 Å². The lowest BCUT2D eigenvalue weighted by Crippen LogP contribution is -2.60. The Hall–Kier alpha value is -2.42. The third-order valence-corrected chi connectivity index (χ3v) is 10.4. The molecule has 37 heavy (non-hydrogen) atoms. The molecule has 0 spiro atoms. The van der Waals surface area contributed by atoms with E-state index in [9.17, 15) is 9.59 Å². The van der Waals surface area contributed by atoms with Crippen molar-refractivity contribution in [2.45, 2.75) is 36.9 Å². The Labute approximate surface area is 227 Å². The molecule has 2 aromatic rings. The third-order valence-electron chi connectivity index (χ3n) is 8.13. The standard InChI is InChI=1S/C29H34N4O2S2/c1-20(17-30-13-15-36-16-14-30)31-19-33(32-12-11-25(34)21(2)27(32)29(31)35)28-23-8-4-3-7-22(23)18-37-26-10-6-5-9-24(26)28/h3-12,20,24,26,28H,13-19H2,1-2H3. The number of hydrogen-bond donors (Lipinski definition) is 0. The fourth-order valence-corrected chi connectivity index (χ4v) is 8.38. The SMILES string of the molecule is Cc1c2n(ccc1=O)N(C1c3ccccc3CSC3C=CC=CC31)CN(C(C)CN1CCSCC1)C2=O. The lowest BCUT2D eigenvalue weighted by molar-refractivity contribution is 0.0552. The summed E-state index contributed by atoms with van der Waals surface area (Å²) in [5.74, 6) is 3.45. The molecular weight excluding hydrogens is 500 g/mol. The molecule has 4 heterocycles. The van der Waals surface area contributed by atoms with Crippen LogP contribution >= 0.6 is 23.5 Å². The number of allylic oxidation sites excluding steroid dienone is 2. The minimum atomic E-state index is -0.0858. The number of benzene rings is 1. The van der Waals surface area contributed by atoms with Crippen LogP contribution in [0.1, 0.15) is 40.1 Å². The molecule has 0 saturated carbocycles. The summed E-state index contributed by atoms with van der Waals surface area (Å²) in [5.41, 5.74) is 3.59. The van der Waals surface area contributed by atoms with Gasteiger partial charge < -0.3 is 4.90 Å². The molecule has 1 saturated heterocycles. The summed E-state index contributed by atoms with van der Waals surface area (Å²) in [5, 5.41) is 2.69. The van der Waals surface area contributed by atoms with Gasteiger partial charge in [-0.15, -0.1) is 11.8 Å². The molecule has 1 aromatic heterocycles. The normalized spacial score (nSPS) is 26.3. The zero-order valence-corrected chi connectivity index (χ0v) is 23.1. The van der Waals surface area contributed by atoms with Crippen LogP contribution in [0.3, 0.4) is 0 Å². The number of rotatable bonds is 4. The number of aromatic nitrogens is 1. The quantitative estimate of drug-likeness (QED) is 0.590. The first-order chi connectivity index (χ1) is 18.0. The zero-order valence-electron chi connectivity index (χ0n) is 21.5. The molecule has 3 aliphatic heterocycles. The number of thioether (sulfide) groups is 2. The summed E-state index contributed by atoms with van der Waals surface area (Å²) in [7, 11) is 0. The van der Waals surface area contributed by atoms with Gasteiger partial charge in [-0.3, -0.25) is 24.2 Å². The van der Waals surface area contributed by atoms with E-state index in [4.69, 9.17) is 0 Å². The van der Waals surface area contributed by atoms with Gasteiger partial charge in [0.25, 0.3) is 5.91 Å². The molecule has 4 atom stereocenters. The Balaban J connectivity index is 1.45. The minimum Gasteiger partial charge on any atom is -0.314 e. The Morgan fingerprint density at radius 1 is 1.05 bits per heavy atom. The molecule has 6 nitrogen and oxygen atoms in total. The van der Waals surface area contributed by atoms with Crippen LogP contribution in [0.15, 0.2) is 65.6 Å². The van der Waals surface area contributed by atoms with Crippen molar-refractivity contribution in [3.63, 3.8) is 0 Å². The highest BCUT2D eigenvalue weighted by Gasteiger charge is 2.42. The first-order valence-corrected chi connectivity index (χ1v) is 15.4. The summed E-state index contributed by atoms with van der Waals surface area (Å²) < 4.78 is 1.99. The van der Waals surface area contributed by atoms with Gasteiger partial charge in [-0.05, 0) is 25.0 Å². The maximum absolute atomic E-state index is 14.0. The smallest absolute Gasteiger partial charge is 0.274 e. The largest absolute Gasteiger partial charge is 0.314 e. The number of nitrogens with zero attached hydrogens (tertiary/aromatic N) is 4. The van der Waals surface area contributed by atoms with E-state index in [1.807, 2.05) is 39.3 Å². The van der Waals surface area contributed by atoms with E-state index in [2.05, 4.69) is 65.4 Å². The maximum atomic E-state index is 14.0. The lowest BCUT2D eigenvalue weighted by atomic mass is 9.85. The molecule has 1 aromatic carbocycles. The topological polar surface area (TPSA) is 48.8 Å². The summed E-state index contributed by atoms with van der Waals surface area (Å²) >= 11 is 3.98. The van der Waals surface area contributed by atoms with E-state index in [0.717, 1.165) is 36.9 Å². The molecule has 8 heteroatoms. The minimum absolute atomic E-state index is 0.0345. The van der Waals surface area contributed by atoms with Crippen molar-refractivity contribution >= 4 is 29.4 Å². The van der Waals surface area contributed by atoms with Crippen molar-refractivity contribution < 1.29 is 4.79 Å². The molecule has 4 aliphatic rings. The highest BCUT2D eigenvalue weighted by Crippen LogP contribution is 2.45. The van der Waals surface area contributed by atoms with Gasteiger partial charge in [0.2, 0.25) is 0 Å². The molecule has 1 fully saturated rings. The first kappa shape index (κ1) is 24.9. The maximum Gasteiger partial charge on any atom is 0.274 e. The second-order valence-electron chi connectivity index (χ2n) is 10.4. The zero-order chi connectivity index (χ0) is 25.5. The molecule has 194 valence electrons. The summed E-state index contributed by atoms with van der Waals surface area (Å²) in [4.78, 5) is 31.2. The fraction of sp³-hybridized carbons (Fsp3) is 0.448. The van der Waals surface area contributed by atoms with E-state index >= 15 is 0 Å². The van der Waals surface area contributed by atoms with Gasteiger partial charge in [-0.1, -0.05) is 48.6 Å². The van der Waals surface area contributed by atoms with Crippen LogP contribution < -0.4 is 10.4 Å². The fourth-order valence-electron chi connectivity index (χ4n) is 6.10. The second-order valence-corrected chi connectivity index (χ2v) is 12.8. The number of amides is 1. The predicted molar refractivity (Wildman–Crippen MR) is 154 cm³/mol. The Bertz CT molecular complexity index is 1300. The highest BCUT2D eigenvalue weighted by atomic mass is 32.2. The number of pyridine rings is 1. The Morgan fingerprint density at radius 2 is 1.84 bits per heavy atom. The Morgan fingerprint density at radius 3 is 2.68 bits per heavy atom. The van der Waals surface area contributed by atoms with E-state index < -0.39 is 0 Å². The van der Waals surface area contributed by atoms with Gasteiger partial charge in [0.05, 0.1) is 6.04 Å². The molecule has 0 N–H and O–H groups in total. The number of carbonyl (C=O) groups excluding carboxylic acids is 1. The van der Waals surface area contributed by atoms with Crippen LogP contribution in [0.4, 0.5) is 0 Å². The Kier molecular flexibility index (Phi) is 6.99. The van der Waals surface area contributed by atoms with Crippen molar-refractivity contribution in [3.05, 3.63) is 93.4 Å².